The summed E-state index contributed by atoms with van der Waals surface area (Å²) in [4.78, 5) is 13.9. The van der Waals surface area contributed by atoms with Crippen LogP contribution in [0.15, 0.2) is 66.9 Å². The third-order valence-electron chi connectivity index (χ3n) is 4.06. The zero-order chi connectivity index (χ0) is 16.4. The first kappa shape index (κ1) is 14.5. The smallest absolute Gasteiger partial charge is 0.160 e. The highest BCUT2D eigenvalue weighted by atomic mass is 14.9. The lowest BCUT2D eigenvalue weighted by Gasteiger charge is -2.11. The molecule has 0 bridgehead atoms. The lowest BCUT2D eigenvalue weighted by Crippen LogP contribution is -1.99. The van der Waals surface area contributed by atoms with Crippen LogP contribution in [0.4, 0.5) is 0 Å². The Kier molecular flexibility index (Phi) is 3.75. The average molecular weight is 311 g/mol. The van der Waals surface area contributed by atoms with E-state index in [1.807, 2.05) is 55.6 Å². The molecule has 1 aromatic carbocycles. The van der Waals surface area contributed by atoms with Crippen molar-refractivity contribution < 1.29 is 0 Å². The van der Waals surface area contributed by atoms with Gasteiger partial charge < -0.3 is 0 Å². The van der Waals surface area contributed by atoms with Crippen molar-refractivity contribution in [2.24, 2.45) is 0 Å². The van der Waals surface area contributed by atoms with Crippen molar-refractivity contribution in [3.05, 3.63) is 83.8 Å². The van der Waals surface area contributed by atoms with Crippen LogP contribution in [0.2, 0.25) is 0 Å². The fourth-order valence-electron chi connectivity index (χ4n) is 2.92. The number of aryl methyl sites for hydroxylation is 1. The zero-order valence-corrected chi connectivity index (χ0v) is 13.5. The molecule has 0 unspecified atom stereocenters. The molecule has 0 fully saturated rings. The summed E-state index contributed by atoms with van der Waals surface area (Å²) in [6, 6.07) is 14.2. The highest BCUT2D eigenvalue weighted by Gasteiger charge is 2.13. The van der Waals surface area contributed by atoms with E-state index in [0.717, 1.165) is 46.0 Å². The molecule has 0 radical (unpaired) electrons. The summed E-state index contributed by atoms with van der Waals surface area (Å²) in [7, 11) is 0. The summed E-state index contributed by atoms with van der Waals surface area (Å²) >= 11 is 0. The maximum absolute atomic E-state index is 4.82. The number of nitrogens with zero attached hydrogens (tertiary/aromatic N) is 3. The number of benzene rings is 1. The van der Waals surface area contributed by atoms with Gasteiger partial charge in [0.15, 0.2) is 5.82 Å². The van der Waals surface area contributed by atoms with E-state index in [-0.39, 0.29) is 0 Å². The quantitative estimate of drug-likeness (QED) is 0.692. The molecule has 3 aromatic rings. The summed E-state index contributed by atoms with van der Waals surface area (Å²) in [5.74, 6) is 0.756. The Balaban J connectivity index is 1.88. The van der Waals surface area contributed by atoms with E-state index in [1.165, 1.54) is 0 Å². The first-order chi connectivity index (χ1) is 11.8. The number of rotatable bonds is 2. The Hall–Kier alpha value is -3.07. The number of allylic oxidation sites excluding steroid dienone is 3. The summed E-state index contributed by atoms with van der Waals surface area (Å²) < 4.78 is 0. The van der Waals surface area contributed by atoms with Crippen LogP contribution in [0.5, 0.6) is 0 Å². The van der Waals surface area contributed by atoms with Crippen molar-refractivity contribution in [1.29, 1.82) is 0 Å². The van der Waals surface area contributed by atoms with E-state index < -0.39 is 0 Å². The molecule has 0 saturated carbocycles. The van der Waals surface area contributed by atoms with E-state index in [9.17, 15) is 0 Å². The summed E-state index contributed by atoms with van der Waals surface area (Å²) in [6.07, 6.45) is 11.1. The van der Waals surface area contributed by atoms with Crippen molar-refractivity contribution in [2.45, 2.75) is 13.3 Å². The molecule has 0 aliphatic heterocycles. The third-order valence-corrected chi connectivity index (χ3v) is 4.06. The molecule has 1 aliphatic rings. The molecule has 116 valence electrons. The SMILES string of the molecule is Cc1cc(-c2ccnc3c2C=CC=CC3)nc(-c2ccccc2)n1. The largest absolute Gasteiger partial charge is 0.260 e. The van der Waals surface area contributed by atoms with E-state index in [0.29, 0.717) is 0 Å². The van der Waals surface area contributed by atoms with Crippen LogP contribution in [-0.4, -0.2) is 15.0 Å². The molecule has 0 atom stereocenters. The highest BCUT2D eigenvalue weighted by molar-refractivity contribution is 5.76. The molecule has 3 nitrogen and oxygen atoms in total. The first-order valence-corrected chi connectivity index (χ1v) is 8.04. The van der Waals surface area contributed by atoms with Crippen LogP contribution < -0.4 is 0 Å². The van der Waals surface area contributed by atoms with Gasteiger partial charge >= 0.3 is 0 Å². The van der Waals surface area contributed by atoms with Gasteiger partial charge in [0.2, 0.25) is 0 Å². The van der Waals surface area contributed by atoms with Crippen molar-refractivity contribution in [1.82, 2.24) is 15.0 Å². The Morgan fingerprint density at radius 1 is 0.958 bits per heavy atom. The van der Waals surface area contributed by atoms with E-state index in [1.54, 1.807) is 0 Å². The lowest BCUT2D eigenvalue weighted by atomic mass is 10.0. The molecule has 1 aliphatic carbocycles. The van der Waals surface area contributed by atoms with Crippen molar-refractivity contribution in [2.75, 3.05) is 0 Å². The van der Waals surface area contributed by atoms with Crippen LogP contribution in [0.3, 0.4) is 0 Å². The van der Waals surface area contributed by atoms with Gasteiger partial charge in [-0.2, -0.15) is 0 Å². The molecule has 3 heteroatoms. The summed E-state index contributed by atoms with van der Waals surface area (Å²) in [6.45, 7) is 2.01. The molecule has 4 rings (SSSR count). The normalized spacial score (nSPS) is 12.7. The molecule has 2 aromatic heterocycles. The van der Waals surface area contributed by atoms with Gasteiger partial charge in [-0.3, -0.25) is 4.98 Å². The van der Waals surface area contributed by atoms with E-state index in [2.05, 4.69) is 34.3 Å². The fraction of sp³-hybridized carbons (Fsp3) is 0.0952. The second kappa shape index (κ2) is 6.20. The Morgan fingerprint density at radius 2 is 1.83 bits per heavy atom. The van der Waals surface area contributed by atoms with Gasteiger partial charge in [0.25, 0.3) is 0 Å². The minimum atomic E-state index is 0.756. The van der Waals surface area contributed by atoms with Crippen molar-refractivity contribution in [3.63, 3.8) is 0 Å². The summed E-state index contributed by atoms with van der Waals surface area (Å²) in [5.41, 5.74) is 6.24. The Bertz CT molecular complexity index is 941. The lowest BCUT2D eigenvalue weighted by molar-refractivity contribution is 1.09. The fourth-order valence-corrected chi connectivity index (χ4v) is 2.92. The van der Waals surface area contributed by atoms with Gasteiger partial charge in [0.1, 0.15) is 0 Å². The topological polar surface area (TPSA) is 38.7 Å². The molecule has 24 heavy (non-hydrogen) atoms. The van der Waals surface area contributed by atoms with Crippen LogP contribution in [0.25, 0.3) is 28.7 Å². The Labute approximate surface area is 141 Å². The molecular formula is C21H17N3. The third kappa shape index (κ3) is 2.76. The molecule has 0 spiro atoms. The van der Waals surface area contributed by atoms with E-state index in [4.69, 9.17) is 4.98 Å². The molecule has 0 amide bonds. The van der Waals surface area contributed by atoms with Gasteiger partial charge in [0.05, 0.1) is 11.4 Å². The minimum Gasteiger partial charge on any atom is -0.260 e. The first-order valence-electron chi connectivity index (χ1n) is 8.04. The zero-order valence-electron chi connectivity index (χ0n) is 13.5. The predicted molar refractivity (Wildman–Crippen MR) is 97.3 cm³/mol. The van der Waals surface area contributed by atoms with Gasteiger partial charge in [-0.15, -0.1) is 0 Å². The van der Waals surface area contributed by atoms with Crippen LogP contribution in [0, 0.1) is 6.92 Å². The molecule has 0 saturated heterocycles. The Morgan fingerprint density at radius 3 is 2.71 bits per heavy atom. The average Bonchev–Trinajstić information content (AvgIpc) is 2.87. The second-order valence-corrected chi connectivity index (χ2v) is 5.79. The van der Waals surface area contributed by atoms with Crippen LogP contribution >= 0.6 is 0 Å². The highest BCUT2D eigenvalue weighted by Crippen LogP contribution is 2.28. The monoisotopic (exact) mass is 311 g/mol. The van der Waals surface area contributed by atoms with Gasteiger partial charge in [0, 0.05) is 35.0 Å². The molecule has 0 N–H and O–H groups in total. The number of fused-ring (bicyclic) bond motifs is 1. The van der Waals surface area contributed by atoms with Gasteiger partial charge in [-0.25, -0.2) is 9.97 Å². The van der Waals surface area contributed by atoms with Crippen LogP contribution in [0.1, 0.15) is 17.0 Å². The standard InChI is InChI=1S/C21H17N3/c1-15-14-20(24-21(23-15)16-8-4-2-5-9-16)18-12-13-22-19-11-7-3-6-10-17(18)19/h2-10,12-14H,11H2,1H3. The number of hydrogen-bond acceptors (Lipinski definition) is 3. The summed E-state index contributed by atoms with van der Waals surface area (Å²) in [5, 5.41) is 0. The molecule has 2 heterocycles. The number of pyridine rings is 1. The predicted octanol–water partition coefficient (Wildman–Crippen LogP) is 4.64. The van der Waals surface area contributed by atoms with E-state index >= 15 is 0 Å². The van der Waals surface area contributed by atoms with Gasteiger partial charge in [-0.05, 0) is 19.1 Å². The minimum absolute atomic E-state index is 0.756. The van der Waals surface area contributed by atoms with Crippen molar-refractivity contribution >= 4 is 6.08 Å². The van der Waals surface area contributed by atoms with Gasteiger partial charge in [-0.1, -0.05) is 54.6 Å². The van der Waals surface area contributed by atoms with Crippen LogP contribution in [-0.2, 0) is 6.42 Å². The van der Waals surface area contributed by atoms with Crippen molar-refractivity contribution in [3.8, 4) is 22.6 Å². The second-order valence-electron chi connectivity index (χ2n) is 5.79. The maximum Gasteiger partial charge on any atom is 0.160 e. The maximum atomic E-state index is 4.82. The molecular weight excluding hydrogens is 294 g/mol. The number of aromatic nitrogens is 3. The number of hydrogen-bond donors (Lipinski definition) is 0.